The lowest BCUT2D eigenvalue weighted by Crippen LogP contribution is -1.97. The normalized spacial score (nSPS) is 10.3. The van der Waals surface area contributed by atoms with Crippen molar-refractivity contribution in [3.8, 4) is 11.5 Å². The first kappa shape index (κ1) is 12.0. The van der Waals surface area contributed by atoms with Gasteiger partial charge >= 0.3 is 0 Å². The van der Waals surface area contributed by atoms with Crippen LogP contribution in [-0.2, 0) is 6.54 Å². The van der Waals surface area contributed by atoms with Crippen LogP contribution >= 0.6 is 11.6 Å². The van der Waals surface area contributed by atoms with Gasteiger partial charge in [0.25, 0.3) is 0 Å². The molecule has 0 aromatic heterocycles. The highest BCUT2D eigenvalue weighted by Crippen LogP contribution is 2.27. The van der Waals surface area contributed by atoms with E-state index in [1.165, 1.54) is 0 Å². The number of benzene rings is 2. The van der Waals surface area contributed by atoms with Crippen LogP contribution in [0.2, 0.25) is 5.02 Å². The third-order valence-corrected chi connectivity index (χ3v) is 2.75. The van der Waals surface area contributed by atoms with Gasteiger partial charge in [0.05, 0.1) is 0 Å². The molecular weight excluding hydrogens is 234 g/mol. The Kier molecular flexibility index (Phi) is 3.67. The molecule has 0 aliphatic heterocycles. The molecule has 0 unspecified atom stereocenters. The monoisotopic (exact) mass is 247 g/mol. The van der Waals surface area contributed by atoms with E-state index in [4.69, 9.17) is 22.1 Å². The molecule has 17 heavy (non-hydrogen) atoms. The fourth-order valence-electron chi connectivity index (χ4n) is 1.54. The summed E-state index contributed by atoms with van der Waals surface area (Å²) in [6.07, 6.45) is 0. The molecule has 0 saturated carbocycles. The van der Waals surface area contributed by atoms with Crippen LogP contribution in [0.4, 0.5) is 0 Å². The summed E-state index contributed by atoms with van der Waals surface area (Å²) in [6.45, 7) is 2.51. The van der Waals surface area contributed by atoms with E-state index in [0.29, 0.717) is 11.6 Å². The van der Waals surface area contributed by atoms with Crippen LogP contribution < -0.4 is 10.5 Å². The Morgan fingerprint density at radius 2 is 2.00 bits per heavy atom. The molecule has 2 nitrogen and oxygen atoms in total. The molecule has 0 aliphatic carbocycles. The molecule has 0 bridgehead atoms. The van der Waals surface area contributed by atoms with Gasteiger partial charge in [-0.15, -0.1) is 0 Å². The maximum atomic E-state index is 5.91. The third kappa shape index (κ3) is 2.99. The van der Waals surface area contributed by atoms with E-state index in [1.54, 1.807) is 6.07 Å². The molecule has 2 rings (SSSR count). The molecule has 0 aliphatic rings. The standard InChI is InChI=1S/C14H14ClNO/c1-10-5-6-11(9-16)7-14(10)17-13-4-2-3-12(15)8-13/h2-8H,9,16H2,1H3. The topological polar surface area (TPSA) is 35.2 Å². The van der Waals surface area contributed by atoms with Crippen LogP contribution in [0.5, 0.6) is 11.5 Å². The average molecular weight is 248 g/mol. The minimum Gasteiger partial charge on any atom is -0.457 e. The second kappa shape index (κ2) is 5.21. The maximum absolute atomic E-state index is 5.91. The van der Waals surface area contributed by atoms with E-state index < -0.39 is 0 Å². The summed E-state index contributed by atoms with van der Waals surface area (Å²) < 4.78 is 5.79. The minimum absolute atomic E-state index is 0.506. The lowest BCUT2D eigenvalue weighted by Gasteiger charge is -2.10. The van der Waals surface area contributed by atoms with Crippen LogP contribution in [0.15, 0.2) is 42.5 Å². The number of hydrogen-bond donors (Lipinski definition) is 1. The predicted octanol–water partition coefficient (Wildman–Crippen LogP) is 3.90. The summed E-state index contributed by atoms with van der Waals surface area (Å²) in [7, 11) is 0. The van der Waals surface area contributed by atoms with Crippen LogP contribution in [0, 0.1) is 6.92 Å². The number of ether oxygens (including phenoxy) is 1. The molecule has 2 aromatic rings. The highest BCUT2D eigenvalue weighted by atomic mass is 35.5. The van der Waals surface area contributed by atoms with Gasteiger partial charge in [-0.1, -0.05) is 29.8 Å². The average Bonchev–Trinajstić information content (AvgIpc) is 2.32. The fourth-order valence-corrected chi connectivity index (χ4v) is 1.72. The van der Waals surface area contributed by atoms with Crippen molar-refractivity contribution in [3.05, 3.63) is 58.6 Å². The lowest BCUT2D eigenvalue weighted by atomic mass is 10.1. The number of rotatable bonds is 3. The summed E-state index contributed by atoms with van der Waals surface area (Å²) >= 11 is 5.91. The van der Waals surface area contributed by atoms with Crippen LogP contribution in [0.3, 0.4) is 0 Å². The van der Waals surface area contributed by atoms with Gasteiger partial charge < -0.3 is 10.5 Å². The summed E-state index contributed by atoms with van der Waals surface area (Å²) in [6, 6.07) is 13.3. The van der Waals surface area contributed by atoms with Gasteiger partial charge in [0.15, 0.2) is 0 Å². The van der Waals surface area contributed by atoms with E-state index in [1.807, 2.05) is 43.3 Å². The molecule has 88 valence electrons. The largest absolute Gasteiger partial charge is 0.457 e. The molecule has 0 heterocycles. The van der Waals surface area contributed by atoms with Crippen molar-refractivity contribution in [3.63, 3.8) is 0 Å². The first-order valence-electron chi connectivity index (χ1n) is 5.42. The molecule has 3 heteroatoms. The van der Waals surface area contributed by atoms with Crippen LogP contribution in [-0.4, -0.2) is 0 Å². The zero-order valence-electron chi connectivity index (χ0n) is 9.61. The Morgan fingerprint density at radius 3 is 2.71 bits per heavy atom. The van der Waals surface area contributed by atoms with E-state index in [0.717, 1.165) is 22.6 Å². The van der Waals surface area contributed by atoms with E-state index in [2.05, 4.69) is 0 Å². The summed E-state index contributed by atoms with van der Waals surface area (Å²) in [5.41, 5.74) is 7.73. The van der Waals surface area contributed by atoms with Gasteiger partial charge in [0.1, 0.15) is 11.5 Å². The quantitative estimate of drug-likeness (QED) is 0.893. The molecule has 0 saturated heterocycles. The Morgan fingerprint density at radius 1 is 1.18 bits per heavy atom. The van der Waals surface area contributed by atoms with Crippen molar-refractivity contribution in [1.29, 1.82) is 0 Å². The van der Waals surface area contributed by atoms with Gasteiger partial charge in [-0.2, -0.15) is 0 Å². The van der Waals surface area contributed by atoms with Crippen molar-refractivity contribution >= 4 is 11.6 Å². The van der Waals surface area contributed by atoms with Crippen molar-refractivity contribution < 1.29 is 4.74 Å². The maximum Gasteiger partial charge on any atom is 0.130 e. The molecule has 0 atom stereocenters. The first-order chi connectivity index (χ1) is 8.19. The molecule has 0 amide bonds. The second-order valence-corrected chi connectivity index (χ2v) is 4.30. The Bertz CT molecular complexity index is 525. The van der Waals surface area contributed by atoms with Crippen LogP contribution in [0.1, 0.15) is 11.1 Å². The highest BCUT2D eigenvalue weighted by molar-refractivity contribution is 6.30. The van der Waals surface area contributed by atoms with Crippen molar-refractivity contribution in [2.45, 2.75) is 13.5 Å². The van der Waals surface area contributed by atoms with Gasteiger partial charge in [0, 0.05) is 11.6 Å². The van der Waals surface area contributed by atoms with E-state index in [-0.39, 0.29) is 0 Å². The first-order valence-corrected chi connectivity index (χ1v) is 5.80. The summed E-state index contributed by atoms with van der Waals surface area (Å²) in [4.78, 5) is 0. The number of nitrogens with two attached hydrogens (primary N) is 1. The van der Waals surface area contributed by atoms with E-state index in [9.17, 15) is 0 Å². The second-order valence-electron chi connectivity index (χ2n) is 3.86. The minimum atomic E-state index is 0.506. The predicted molar refractivity (Wildman–Crippen MR) is 70.6 cm³/mol. The summed E-state index contributed by atoms with van der Waals surface area (Å²) in [5.74, 6) is 1.55. The fraction of sp³-hybridized carbons (Fsp3) is 0.143. The van der Waals surface area contributed by atoms with Crippen molar-refractivity contribution in [2.75, 3.05) is 0 Å². The zero-order chi connectivity index (χ0) is 12.3. The smallest absolute Gasteiger partial charge is 0.130 e. The van der Waals surface area contributed by atoms with Crippen molar-refractivity contribution in [2.24, 2.45) is 5.73 Å². The van der Waals surface area contributed by atoms with Gasteiger partial charge in [-0.25, -0.2) is 0 Å². The number of aryl methyl sites for hydroxylation is 1. The SMILES string of the molecule is Cc1ccc(CN)cc1Oc1cccc(Cl)c1. The summed E-state index contributed by atoms with van der Waals surface area (Å²) in [5, 5.41) is 0.662. The Labute approximate surface area is 106 Å². The zero-order valence-corrected chi connectivity index (χ0v) is 10.4. The van der Waals surface area contributed by atoms with Crippen molar-refractivity contribution in [1.82, 2.24) is 0 Å². The van der Waals surface area contributed by atoms with Gasteiger partial charge in [0.2, 0.25) is 0 Å². The van der Waals surface area contributed by atoms with Gasteiger partial charge in [-0.05, 0) is 42.3 Å². The molecule has 0 spiro atoms. The lowest BCUT2D eigenvalue weighted by molar-refractivity contribution is 0.478. The molecular formula is C14H14ClNO. The van der Waals surface area contributed by atoms with Crippen LogP contribution in [0.25, 0.3) is 0 Å². The molecule has 2 aromatic carbocycles. The number of hydrogen-bond acceptors (Lipinski definition) is 2. The Balaban J connectivity index is 2.29. The molecule has 0 fully saturated rings. The molecule has 2 N–H and O–H groups in total. The van der Waals surface area contributed by atoms with Gasteiger partial charge in [-0.3, -0.25) is 0 Å². The Hall–Kier alpha value is -1.51. The van der Waals surface area contributed by atoms with E-state index >= 15 is 0 Å². The third-order valence-electron chi connectivity index (χ3n) is 2.51. The number of halogens is 1. The highest BCUT2D eigenvalue weighted by Gasteiger charge is 2.03. The molecule has 0 radical (unpaired) electrons.